The van der Waals surface area contributed by atoms with Gasteiger partial charge in [-0.25, -0.2) is 4.79 Å². The van der Waals surface area contributed by atoms with E-state index < -0.39 is 0 Å². The zero-order chi connectivity index (χ0) is 12.7. The Bertz CT molecular complexity index is 383. The quantitative estimate of drug-likeness (QED) is 0.822. The molecular weight excluding hydrogens is 284 g/mol. The Kier molecular flexibility index (Phi) is 6.00. The summed E-state index contributed by atoms with van der Waals surface area (Å²) in [6.07, 6.45) is 0. The molecule has 4 nitrogen and oxygen atoms in total. The number of benzene rings is 1. The summed E-state index contributed by atoms with van der Waals surface area (Å²) < 4.78 is 6.12. The molecule has 0 bridgehead atoms. The second kappa shape index (κ2) is 7.29. The van der Waals surface area contributed by atoms with Gasteiger partial charge in [0.1, 0.15) is 0 Å². The van der Waals surface area contributed by atoms with Crippen LogP contribution in [0, 0.1) is 6.92 Å². The lowest BCUT2D eigenvalue weighted by Gasteiger charge is -2.10. The maximum atomic E-state index is 11.5. The van der Waals surface area contributed by atoms with Crippen molar-refractivity contribution in [2.75, 3.05) is 25.1 Å². The standard InChI is InChI=1S/C12H17BrN2O2/c1-3-17-7-6-14-12(16)15-11-5-4-10(13)8-9(11)2/h4-5,8H,3,6-7H2,1-2H3,(H2,14,15,16). The predicted octanol–water partition coefficient (Wildman–Crippen LogP) is 2.92. The molecule has 17 heavy (non-hydrogen) atoms. The van der Waals surface area contributed by atoms with E-state index in [0.717, 1.165) is 15.7 Å². The summed E-state index contributed by atoms with van der Waals surface area (Å²) in [6.45, 7) is 5.57. The molecule has 0 saturated carbocycles. The first-order valence-electron chi connectivity index (χ1n) is 5.52. The molecule has 0 unspecified atom stereocenters. The van der Waals surface area contributed by atoms with Crippen LogP contribution < -0.4 is 10.6 Å². The van der Waals surface area contributed by atoms with Crippen molar-refractivity contribution in [3.63, 3.8) is 0 Å². The van der Waals surface area contributed by atoms with Crippen LogP contribution in [-0.2, 0) is 4.74 Å². The number of hydrogen-bond acceptors (Lipinski definition) is 2. The number of amides is 2. The molecule has 0 fully saturated rings. The minimum atomic E-state index is -0.213. The van der Waals surface area contributed by atoms with E-state index in [-0.39, 0.29) is 6.03 Å². The minimum Gasteiger partial charge on any atom is -0.380 e. The summed E-state index contributed by atoms with van der Waals surface area (Å²) in [5.41, 5.74) is 1.82. The van der Waals surface area contributed by atoms with Gasteiger partial charge in [0.25, 0.3) is 0 Å². The molecule has 1 rings (SSSR count). The molecular formula is C12H17BrN2O2. The molecule has 94 valence electrons. The van der Waals surface area contributed by atoms with Crippen LogP contribution in [0.25, 0.3) is 0 Å². The van der Waals surface area contributed by atoms with Crippen LogP contribution in [0.15, 0.2) is 22.7 Å². The van der Waals surface area contributed by atoms with Crippen LogP contribution in [0.4, 0.5) is 10.5 Å². The predicted molar refractivity (Wildman–Crippen MR) is 72.4 cm³/mol. The second-order valence-electron chi connectivity index (χ2n) is 3.54. The highest BCUT2D eigenvalue weighted by Gasteiger charge is 2.03. The van der Waals surface area contributed by atoms with Crippen molar-refractivity contribution in [2.24, 2.45) is 0 Å². The molecule has 0 heterocycles. The molecule has 0 spiro atoms. The lowest BCUT2D eigenvalue weighted by atomic mass is 10.2. The van der Waals surface area contributed by atoms with Gasteiger partial charge in [0, 0.05) is 23.3 Å². The summed E-state index contributed by atoms with van der Waals surface area (Å²) in [5.74, 6) is 0. The van der Waals surface area contributed by atoms with Gasteiger partial charge >= 0.3 is 6.03 Å². The van der Waals surface area contributed by atoms with Crippen LogP contribution in [0.2, 0.25) is 0 Å². The van der Waals surface area contributed by atoms with E-state index in [1.54, 1.807) is 0 Å². The Morgan fingerprint density at radius 1 is 1.47 bits per heavy atom. The highest BCUT2D eigenvalue weighted by molar-refractivity contribution is 9.10. The SMILES string of the molecule is CCOCCNC(=O)Nc1ccc(Br)cc1C. The van der Waals surface area contributed by atoms with E-state index in [2.05, 4.69) is 26.6 Å². The van der Waals surface area contributed by atoms with Gasteiger partial charge in [-0.15, -0.1) is 0 Å². The van der Waals surface area contributed by atoms with Crippen LogP contribution in [0.3, 0.4) is 0 Å². The average molecular weight is 301 g/mol. The second-order valence-corrected chi connectivity index (χ2v) is 4.45. The Labute approximate surface area is 110 Å². The Morgan fingerprint density at radius 3 is 2.88 bits per heavy atom. The Morgan fingerprint density at radius 2 is 2.24 bits per heavy atom. The van der Waals surface area contributed by atoms with Gasteiger partial charge in [-0.05, 0) is 37.6 Å². The van der Waals surface area contributed by atoms with E-state index >= 15 is 0 Å². The van der Waals surface area contributed by atoms with Crippen molar-refractivity contribution in [1.29, 1.82) is 0 Å². The first-order valence-corrected chi connectivity index (χ1v) is 6.31. The smallest absolute Gasteiger partial charge is 0.319 e. The highest BCUT2D eigenvalue weighted by atomic mass is 79.9. The molecule has 2 amide bonds. The average Bonchev–Trinajstić information content (AvgIpc) is 2.28. The topological polar surface area (TPSA) is 50.4 Å². The van der Waals surface area contributed by atoms with Crippen molar-refractivity contribution in [1.82, 2.24) is 5.32 Å². The number of aryl methyl sites for hydroxylation is 1. The lowest BCUT2D eigenvalue weighted by Crippen LogP contribution is -2.31. The van der Waals surface area contributed by atoms with Crippen molar-refractivity contribution in [2.45, 2.75) is 13.8 Å². The molecule has 0 saturated heterocycles. The van der Waals surface area contributed by atoms with Crippen molar-refractivity contribution in [3.8, 4) is 0 Å². The van der Waals surface area contributed by atoms with E-state index in [1.807, 2.05) is 32.0 Å². The number of rotatable bonds is 5. The fourth-order valence-electron chi connectivity index (χ4n) is 1.31. The van der Waals surface area contributed by atoms with Crippen molar-refractivity contribution in [3.05, 3.63) is 28.2 Å². The summed E-state index contributed by atoms with van der Waals surface area (Å²) >= 11 is 3.38. The van der Waals surface area contributed by atoms with Gasteiger partial charge in [0.05, 0.1) is 6.61 Å². The molecule has 0 atom stereocenters. The van der Waals surface area contributed by atoms with Gasteiger partial charge in [0.15, 0.2) is 0 Å². The summed E-state index contributed by atoms with van der Waals surface area (Å²) in [7, 11) is 0. The molecule has 5 heteroatoms. The molecule has 1 aromatic rings. The monoisotopic (exact) mass is 300 g/mol. The zero-order valence-corrected chi connectivity index (χ0v) is 11.6. The third kappa shape index (κ3) is 5.19. The number of ether oxygens (including phenoxy) is 1. The zero-order valence-electron chi connectivity index (χ0n) is 10.0. The molecule has 0 aromatic heterocycles. The third-order valence-electron chi connectivity index (χ3n) is 2.17. The number of carbonyl (C=O) groups excluding carboxylic acids is 1. The largest absolute Gasteiger partial charge is 0.380 e. The lowest BCUT2D eigenvalue weighted by molar-refractivity contribution is 0.150. The maximum absolute atomic E-state index is 11.5. The Balaban J connectivity index is 2.40. The summed E-state index contributed by atoms with van der Waals surface area (Å²) in [6, 6.07) is 5.50. The van der Waals surface area contributed by atoms with Crippen molar-refractivity contribution >= 4 is 27.6 Å². The fraction of sp³-hybridized carbons (Fsp3) is 0.417. The molecule has 2 N–H and O–H groups in total. The summed E-state index contributed by atoms with van der Waals surface area (Å²) in [4.78, 5) is 11.5. The minimum absolute atomic E-state index is 0.213. The molecule has 0 radical (unpaired) electrons. The summed E-state index contributed by atoms with van der Waals surface area (Å²) in [5, 5.41) is 5.51. The third-order valence-corrected chi connectivity index (χ3v) is 2.67. The number of hydrogen-bond donors (Lipinski definition) is 2. The molecule has 1 aromatic carbocycles. The first-order chi connectivity index (χ1) is 8.13. The fourth-order valence-corrected chi connectivity index (χ4v) is 1.79. The van der Waals surface area contributed by atoms with Gasteiger partial charge < -0.3 is 15.4 Å². The molecule has 0 aliphatic heterocycles. The van der Waals surface area contributed by atoms with Gasteiger partial charge in [-0.2, -0.15) is 0 Å². The molecule has 0 aliphatic rings. The van der Waals surface area contributed by atoms with Crippen LogP contribution in [-0.4, -0.2) is 25.8 Å². The Hall–Kier alpha value is -1.07. The number of carbonyl (C=O) groups is 1. The van der Waals surface area contributed by atoms with Gasteiger partial charge in [0.2, 0.25) is 0 Å². The van der Waals surface area contributed by atoms with E-state index in [1.165, 1.54) is 0 Å². The number of urea groups is 1. The first kappa shape index (κ1) is 14.0. The van der Waals surface area contributed by atoms with Crippen LogP contribution in [0.5, 0.6) is 0 Å². The van der Waals surface area contributed by atoms with Crippen LogP contribution in [0.1, 0.15) is 12.5 Å². The number of nitrogens with one attached hydrogen (secondary N) is 2. The van der Waals surface area contributed by atoms with E-state index in [4.69, 9.17) is 4.74 Å². The van der Waals surface area contributed by atoms with E-state index in [0.29, 0.717) is 19.8 Å². The normalized spacial score (nSPS) is 10.1. The highest BCUT2D eigenvalue weighted by Crippen LogP contribution is 2.19. The number of anilines is 1. The van der Waals surface area contributed by atoms with E-state index in [9.17, 15) is 4.79 Å². The number of halogens is 1. The van der Waals surface area contributed by atoms with Gasteiger partial charge in [-0.3, -0.25) is 0 Å². The van der Waals surface area contributed by atoms with Gasteiger partial charge in [-0.1, -0.05) is 15.9 Å². The van der Waals surface area contributed by atoms with Crippen LogP contribution >= 0.6 is 15.9 Å². The maximum Gasteiger partial charge on any atom is 0.319 e. The molecule has 0 aliphatic carbocycles. The van der Waals surface area contributed by atoms with Crippen molar-refractivity contribution < 1.29 is 9.53 Å².